The number of nitrogens with zero attached hydrogens (tertiary/aromatic N) is 5. The Bertz CT molecular complexity index is 843. The number of hydrogen-bond acceptors (Lipinski definition) is 5. The standard InChI is InChI=1S/C15H15N5O/c1-3-12(11-8-10(2)4-5-16-11)20-9-19-14-13(15(20)21)17-6-7-18-14/h4-9,12H,3H2,1-2H3. The van der Waals surface area contributed by atoms with Crippen LogP contribution < -0.4 is 5.56 Å². The van der Waals surface area contributed by atoms with E-state index in [9.17, 15) is 4.79 Å². The van der Waals surface area contributed by atoms with Crippen molar-refractivity contribution in [1.82, 2.24) is 24.5 Å². The van der Waals surface area contributed by atoms with Gasteiger partial charge in [-0.1, -0.05) is 6.92 Å². The van der Waals surface area contributed by atoms with Crippen LogP contribution in [0.5, 0.6) is 0 Å². The molecule has 0 saturated carbocycles. The molecule has 0 aromatic carbocycles. The lowest BCUT2D eigenvalue weighted by Gasteiger charge is -2.17. The van der Waals surface area contributed by atoms with Crippen molar-refractivity contribution < 1.29 is 0 Å². The van der Waals surface area contributed by atoms with Crippen LogP contribution in [-0.4, -0.2) is 24.5 Å². The molecule has 0 radical (unpaired) electrons. The maximum Gasteiger partial charge on any atom is 0.282 e. The molecular formula is C15H15N5O. The number of aryl methyl sites for hydroxylation is 1. The Morgan fingerprint density at radius 2 is 1.95 bits per heavy atom. The zero-order valence-corrected chi connectivity index (χ0v) is 11.9. The van der Waals surface area contributed by atoms with E-state index in [0.717, 1.165) is 17.7 Å². The first-order valence-corrected chi connectivity index (χ1v) is 6.81. The molecule has 0 aliphatic heterocycles. The average molecular weight is 281 g/mol. The van der Waals surface area contributed by atoms with Crippen molar-refractivity contribution in [2.24, 2.45) is 0 Å². The summed E-state index contributed by atoms with van der Waals surface area (Å²) in [7, 11) is 0. The quantitative estimate of drug-likeness (QED) is 0.733. The van der Waals surface area contributed by atoms with E-state index in [1.807, 2.05) is 26.0 Å². The SMILES string of the molecule is CCC(c1cc(C)ccn1)n1cnc2nccnc2c1=O. The lowest BCUT2D eigenvalue weighted by atomic mass is 10.1. The second kappa shape index (κ2) is 5.40. The summed E-state index contributed by atoms with van der Waals surface area (Å²) in [5, 5.41) is 0. The highest BCUT2D eigenvalue weighted by molar-refractivity contribution is 5.67. The molecule has 106 valence electrons. The third-order valence-electron chi connectivity index (χ3n) is 3.42. The van der Waals surface area contributed by atoms with Gasteiger partial charge in [0, 0.05) is 18.6 Å². The molecule has 1 unspecified atom stereocenters. The third kappa shape index (κ3) is 2.40. The lowest BCUT2D eigenvalue weighted by molar-refractivity contribution is 0.529. The zero-order valence-electron chi connectivity index (χ0n) is 11.9. The monoisotopic (exact) mass is 281 g/mol. The maximum absolute atomic E-state index is 12.6. The van der Waals surface area contributed by atoms with Crippen LogP contribution in [0.4, 0.5) is 0 Å². The molecule has 0 aliphatic rings. The fraction of sp³-hybridized carbons (Fsp3) is 0.267. The van der Waals surface area contributed by atoms with Gasteiger partial charge in [-0.05, 0) is 31.0 Å². The molecule has 0 spiro atoms. The summed E-state index contributed by atoms with van der Waals surface area (Å²) in [6.07, 6.45) is 7.05. The van der Waals surface area contributed by atoms with Gasteiger partial charge in [0.25, 0.3) is 5.56 Å². The van der Waals surface area contributed by atoms with Gasteiger partial charge in [0.1, 0.15) is 6.33 Å². The molecular weight excluding hydrogens is 266 g/mol. The predicted molar refractivity (Wildman–Crippen MR) is 79.0 cm³/mol. The Morgan fingerprint density at radius 3 is 2.71 bits per heavy atom. The fourth-order valence-electron chi connectivity index (χ4n) is 2.38. The van der Waals surface area contributed by atoms with Gasteiger partial charge in [-0.25, -0.2) is 15.0 Å². The number of hydrogen-bond donors (Lipinski definition) is 0. The fourth-order valence-corrected chi connectivity index (χ4v) is 2.38. The number of fused-ring (bicyclic) bond motifs is 1. The van der Waals surface area contributed by atoms with Gasteiger partial charge < -0.3 is 0 Å². The summed E-state index contributed by atoms with van der Waals surface area (Å²) >= 11 is 0. The number of rotatable bonds is 3. The van der Waals surface area contributed by atoms with E-state index in [0.29, 0.717) is 5.65 Å². The second-order valence-corrected chi connectivity index (χ2v) is 4.87. The minimum Gasteiger partial charge on any atom is -0.288 e. The molecule has 3 aromatic rings. The van der Waals surface area contributed by atoms with Gasteiger partial charge in [0.2, 0.25) is 0 Å². The Balaban J connectivity index is 2.18. The van der Waals surface area contributed by atoms with E-state index in [4.69, 9.17) is 0 Å². The molecule has 3 aromatic heterocycles. The Labute approximate surface area is 121 Å². The number of pyridine rings is 1. The maximum atomic E-state index is 12.6. The molecule has 0 saturated heterocycles. The van der Waals surface area contributed by atoms with E-state index in [2.05, 4.69) is 19.9 Å². The first kappa shape index (κ1) is 13.4. The number of aromatic nitrogens is 5. The highest BCUT2D eigenvalue weighted by Gasteiger charge is 2.17. The van der Waals surface area contributed by atoms with Gasteiger partial charge in [0.15, 0.2) is 11.2 Å². The normalized spacial score (nSPS) is 12.5. The molecule has 0 bridgehead atoms. The van der Waals surface area contributed by atoms with E-state index >= 15 is 0 Å². The molecule has 0 N–H and O–H groups in total. The Morgan fingerprint density at radius 1 is 1.14 bits per heavy atom. The summed E-state index contributed by atoms with van der Waals surface area (Å²) in [5.41, 5.74) is 2.42. The Hall–Kier alpha value is -2.63. The Kier molecular flexibility index (Phi) is 3.43. The summed E-state index contributed by atoms with van der Waals surface area (Å²) in [6, 6.07) is 3.77. The van der Waals surface area contributed by atoms with Gasteiger partial charge in [-0.15, -0.1) is 0 Å². The van der Waals surface area contributed by atoms with Crippen molar-refractivity contribution in [2.45, 2.75) is 26.3 Å². The van der Waals surface area contributed by atoms with Crippen LogP contribution >= 0.6 is 0 Å². The van der Waals surface area contributed by atoms with Crippen LogP contribution in [-0.2, 0) is 0 Å². The van der Waals surface area contributed by atoms with Gasteiger partial charge in [0.05, 0.1) is 11.7 Å². The highest BCUT2D eigenvalue weighted by Crippen LogP contribution is 2.19. The van der Waals surface area contributed by atoms with Crippen LogP contribution in [0.2, 0.25) is 0 Å². The molecule has 1 atom stereocenters. The second-order valence-electron chi connectivity index (χ2n) is 4.87. The van der Waals surface area contributed by atoms with E-state index in [-0.39, 0.29) is 17.1 Å². The van der Waals surface area contributed by atoms with Crippen molar-refractivity contribution in [1.29, 1.82) is 0 Å². The summed E-state index contributed by atoms with van der Waals surface area (Å²) in [5.74, 6) is 0. The predicted octanol–water partition coefficient (Wildman–Crippen LogP) is 1.89. The van der Waals surface area contributed by atoms with E-state index < -0.39 is 0 Å². The van der Waals surface area contributed by atoms with E-state index in [1.54, 1.807) is 10.8 Å². The summed E-state index contributed by atoms with van der Waals surface area (Å²) in [4.78, 5) is 29.3. The van der Waals surface area contributed by atoms with Crippen molar-refractivity contribution in [3.05, 3.63) is 58.7 Å². The van der Waals surface area contributed by atoms with Crippen LogP contribution in [0.3, 0.4) is 0 Å². The minimum absolute atomic E-state index is 0.156. The zero-order chi connectivity index (χ0) is 14.8. The molecule has 21 heavy (non-hydrogen) atoms. The van der Waals surface area contributed by atoms with Crippen LogP contribution in [0, 0.1) is 6.92 Å². The van der Waals surface area contributed by atoms with Gasteiger partial charge in [-0.3, -0.25) is 14.3 Å². The van der Waals surface area contributed by atoms with Crippen molar-refractivity contribution in [2.75, 3.05) is 0 Å². The van der Waals surface area contributed by atoms with Crippen molar-refractivity contribution in [3.8, 4) is 0 Å². The molecule has 0 fully saturated rings. The van der Waals surface area contributed by atoms with Gasteiger partial charge in [-0.2, -0.15) is 0 Å². The van der Waals surface area contributed by atoms with Crippen LogP contribution in [0.15, 0.2) is 41.8 Å². The van der Waals surface area contributed by atoms with Crippen molar-refractivity contribution >= 4 is 11.2 Å². The summed E-state index contributed by atoms with van der Waals surface area (Å²) < 4.78 is 1.58. The van der Waals surface area contributed by atoms with E-state index in [1.165, 1.54) is 18.7 Å². The minimum atomic E-state index is -0.191. The average Bonchev–Trinajstić information content (AvgIpc) is 2.51. The molecule has 0 aliphatic carbocycles. The van der Waals surface area contributed by atoms with Gasteiger partial charge >= 0.3 is 0 Å². The molecule has 3 rings (SSSR count). The smallest absolute Gasteiger partial charge is 0.282 e. The van der Waals surface area contributed by atoms with Crippen LogP contribution in [0.25, 0.3) is 11.2 Å². The van der Waals surface area contributed by atoms with Crippen LogP contribution in [0.1, 0.15) is 30.6 Å². The lowest BCUT2D eigenvalue weighted by Crippen LogP contribution is -2.27. The third-order valence-corrected chi connectivity index (χ3v) is 3.42. The highest BCUT2D eigenvalue weighted by atomic mass is 16.1. The molecule has 3 heterocycles. The topological polar surface area (TPSA) is 73.6 Å². The molecule has 6 nitrogen and oxygen atoms in total. The largest absolute Gasteiger partial charge is 0.288 e. The molecule has 0 amide bonds. The molecule has 6 heteroatoms. The summed E-state index contributed by atoms with van der Waals surface area (Å²) in [6.45, 7) is 4.02. The van der Waals surface area contributed by atoms with Crippen molar-refractivity contribution in [3.63, 3.8) is 0 Å². The first-order chi connectivity index (χ1) is 10.2. The first-order valence-electron chi connectivity index (χ1n) is 6.81.